The zero-order chi connectivity index (χ0) is 21.1. The van der Waals surface area contributed by atoms with Crippen molar-refractivity contribution in [2.45, 2.75) is 6.54 Å². The summed E-state index contributed by atoms with van der Waals surface area (Å²) in [5.41, 5.74) is 3.19. The lowest BCUT2D eigenvalue weighted by Gasteiger charge is -2.13. The number of benzene rings is 2. The van der Waals surface area contributed by atoms with Crippen LogP contribution in [-0.2, 0) is 6.54 Å². The van der Waals surface area contributed by atoms with Crippen molar-refractivity contribution < 1.29 is 9.53 Å². The second-order valence-electron chi connectivity index (χ2n) is 6.58. The maximum Gasteiger partial charge on any atom is 0.323 e. The van der Waals surface area contributed by atoms with E-state index in [9.17, 15) is 4.79 Å². The molecule has 0 spiro atoms. The average Bonchev–Trinajstić information content (AvgIpc) is 3.14. The van der Waals surface area contributed by atoms with Gasteiger partial charge in [0.1, 0.15) is 5.75 Å². The topological polar surface area (TPSA) is 68.2 Å². The highest BCUT2D eigenvalue weighted by atomic mass is 79.9. The van der Waals surface area contributed by atoms with E-state index in [1.807, 2.05) is 36.5 Å². The minimum Gasteiger partial charge on any atom is -0.495 e. The monoisotopic (exact) mass is 484 g/mol. The molecule has 4 rings (SSSR count). The third kappa shape index (κ3) is 4.27. The number of nitrogens with zero attached hydrogens (tertiary/aromatic N) is 2. The zero-order valence-corrected chi connectivity index (χ0v) is 18.4. The van der Waals surface area contributed by atoms with Gasteiger partial charge in [-0.2, -0.15) is 0 Å². The normalized spacial score (nSPS) is 10.8. The van der Waals surface area contributed by atoms with Crippen molar-refractivity contribution >= 4 is 55.8 Å². The molecule has 4 aromatic rings. The Morgan fingerprint density at radius 2 is 1.93 bits per heavy atom. The summed E-state index contributed by atoms with van der Waals surface area (Å²) < 4.78 is 8.23. The summed E-state index contributed by atoms with van der Waals surface area (Å²) in [6.07, 6.45) is 5.51. The molecule has 0 saturated heterocycles. The molecule has 0 aliphatic heterocycles. The molecule has 30 heavy (non-hydrogen) atoms. The Balaban J connectivity index is 1.60. The molecule has 2 N–H and O–H groups in total. The van der Waals surface area contributed by atoms with Gasteiger partial charge in [0.25, 0.3) is 0 Å². The second kappa shape index (κ2) is 8.77. The van der Waals surface area contributed by atoms with Gasteiger partial charge in [-0.3, -0.25) is 4.98 Å². The van der Waals surface area contributed by atoms with E-state index in [-0.39, 0.29) is 0 Å². The van der Waals surface area contributed by atoms with Crippen molar-refractivity contribution in [2.75, 3.05) is 17.7 Å². The molecule has 0 aliphatic carbocycles. The molecule has 0 unspecified atom stereocenters. The SMILES string of the molecule is COc1ccc(Br)cc1NC(=O)Nc1c(Cl)ccc2c1ccn2Cc1ccncc1. The summed E-state index contributed by atoms with van der Waals surface area (Å²) in [5, 5.41) is 7.00. The van der Waals surface area contributed by atoms with E-state index in [4.69, 9.17) is 16.3 Å². The molecule has 2 heterocycles. The van der Waals surface area contributed by atoms with Crippen LogP contribution in [0.5, 0.6) is 5.75 Å². The number of urea groups is 1. The average molecular weight is 486 g/mol. The quantitative estimate of drug-likeness (QED) is 0.356. The molecule has 152 valence electrons. The summed E-state index contributed by atoms with van der Waals surface area (Å²) in [6.45, 7) is 0.689. The predicted octanol–water partition coefficient (Wildman–Crippen LogP) is 6.15. The first-order chi connectivity index (χ1) is 14.5. The van der Waals surface area contributed by atoms with Crippen LogP contribution in [0.1, 0.15) is 5.56 Å². The lowest BCUT2D eigenvalue weighted by molar-refractivity contribution is 0.262. The fourth-order valence-corrected chi connectivity index (χ4v) is 3.81. The van der Waals surface area contributed by atoms with Crippen molar-refractivity contribution in [3.8, 4) is 5.75 Å². The Hall–Kier alpha value is -3.03. The molecule has 2 aromatic carbocycles. The molecule has 8 heteroatoms. The molecule has 2 amide bonds. The highest BCUT2D eigenvalue weighted by Gasteiger charge is 2.14. The number of hydrogen-bond donors (Lipinski definition) is 2. The maximum atomic E-state index is 12.7. The summed E-state index contributed by atoms with van der Waals surface area (Å²) in [7, 11) is 1.55. The number of halogens is 2. The van der Waals surface area contributed by atoms with Gasteiger partial charge in [-0.05, 0) is 54.1 Å². The summed E-state index contributed by atoms with van der Waals surface area (Å²) >= 11 is 9.81. The van der Waals surface area contributed by atoms with Gasteiger partial charge in [0.05, 0.1) is 29.0 Å². The highest BCUT2D eigenvalue weighted by molar-refractivity contribution is 9.10. The number of pyridine rings is 1. The van der Waals surface area contributed by atoms with Crippen LogP contribution in [0.25, 0.3) is 10.9 Å². The number of fused-ring (bicyclic) bond motifs is 1. The molecule has 0 aliphatic rings. The van der Waals surface area contributed by atoms with Crippen LogP contribution in [0.2, 0.25) is 5.02 Å². The molecular weight excluding hydrogens is 468 g/mol. The summed E-state index contributed by atoms with van der Waals surface area (Å²) in [6, 6.07) is 14.6. The van der Waals surface area contributed by atoms with E-state index in [2.05, 4.69) is 36.1 Å². The standard InChI is InChI=1S/C22H18BrClN4O2/c1-30-20-5-2-15(23)12-18(20)26-22(29)27-21-16-8-11-28(19(16)4-3-17(21)24)13-14-6-9-25-10-7-14/h2-12H,13H2,1H3,(H2,26,27,29). The van der Waals surface area contributed by atoms with E-state index < -0.39 is 6.03 Å². The van der Waals surface area contributed by atoms with Crippen LogP contribution in [0, 0.1) is 0 Å². The van der Waals surface area contributed by atoms with Crippen molar-refractivity contribution in [1.82, 2.24) is 9.55 Å². The van der Waals surface area contributed by atoms with E-state index in [1.165, 1.54) is 0 Å². The number of rotatable bonds is 5. The van der Waals surface area contributed by atoms with Crippen molar-refractivity contribution in [3.05, 3.63) is 82.2 Å². The summed E-state index contributed by atoms with van der Waals surface area (Å²) in [5.74, 6) is 0.557. The van der Waals surface area contributed by atoms with Crippen LogP contribution in [0.15, 0.2) is 71.6 Å². The minimum absolute atomic E-state index is 0.414. The maximum absolute atomic E-state index is 12.7. The van der Waals surface area contributed by atoms with E-state index in [1.54, 1.807) is 37.7 Å². The first-order valence-corrected chi connectivity index (χ1v) is 10.3. The number of hydrogen-bond acceptors (Lipinski definition) is 3. The van der Waals surface area contributed by atoms with Gasteiger partial charge in [-0.15, -0.1) is 0 Å². The van der Waals surface area contributed by atoms with Crippen molar-refractivity contribution in [2.24, 2.45) is 0 Å². The fraction of sp³-hybridized carbons (Fsp3) is 0.0909. The van der Waals surface area contributed by atoms with Gasteiger partial charge in [0.15, 0.2) is 0 Å². The second-order valence-corrected chi connectivity index (χ2v) is 7.90. The van der Waals surface area contributed by atoms with Gasteiger partial charge in [0, 0.05) is 35.0 Å². The Kier molecular flexibility index (Phi) is 5.92. The first-order valence-electron chi connectivity index (χ1n) is 9.13. The van der Waals surface area contributed by atoms with Crippen LogP contribution < -0.4 is 15.4 Å². The van der Waals surface area contributed by atoms with Crippen LogP contribution in [0.4, 0.5) is 16.2 Å². The summed E-state index contributed by atoms with van der Waals surface area (Å²) in [4.78, 5) is 16.7. The van der Waals surface area contributed by atoms with Crippen molar-refractivity contribution in [3.63, 3.8) is 0 Å². The lowest BCUT2D eigenvalue weighted by Crippen LogP contribution is -2.20. The highest BCUT2D eigenvalue weighted by Crippen LogP contribution is 2.33. The Labute approximate surface area is 187 Å². The van der Waals surface area contributed by atoms with Crippen LogP contribution in [-0.4, -0.2) is 22.7 Å². The van der Waals surface area contributed by atoms with Crippen LogP contribution >= 0.6 is 27.5 Å². The number of aromatic nitrogens is 2. The molecule has 0 fully saturated rings. The number of anilines is 2. The molecule has 0 radical (unpaired) electrons. The number of amides is 2. The Bertz CT molecular complexity index is 1210. The van der Waals surface area contributed by atoms with Crippen molar-refractivity contribution in [1.29, 1.82) is 0 Å². The van der Waals surface area contributed by atoms with Gasteiger partial charge < -0.3 is 19.9 Å². The number of carbonyl (C=O) groups is 1. The number of methoxy groups -OCH3 is 1. The third-order valence-electron chi connectivity index (χ3n) is 4.65. The largest absolute Gasteiger partial charge is 0.495 e. The Morgan fingerprint density at radius 1 is 1.13 bits per heavy atom. The third-order valence-corrected chi connectivity index (χ3v) is 5.46. The predicted molar refractivity (Wildman–Crippen MR) is 124 cm³/mol. The molecule has 0 atom stereocenters. The van der Waals surface area contributed by atoms with Gasteiger partial charge in [-0.1, -0.05) is 27.5 Å². The molecule has 0 bridgehead atoms. The smallest absolute Gasteiger partial charge is 0.323 e. The lowest BCUT2D eigenvalue weighted by atomic mass is 10.2. The zero-order valence-electron chi connectivity index (χ0n) is 16.0. The number of ether oxygens (including phenoxy) is 1. The number of nitrogens with one attached hydrogen (secondary N) is 2. The van der Waals surface area contributed by atoms with Crippen LogP contribution in [0.3, 0.4) is 0 Å². The molecule has 6 nitrogen and oxygen atoms in total. The van der Waals surface area contributed by atoms with Gasteiger partial charge in [0.2, 0.25) is 0 Å². The molecule has 2 aromatic heterocycles. The van der Waals surface area contributed by atoms with E-state index in [0.717, 1.165) is 20.9 Å². The molecular formula is C22H18BrClN4O2. The van der Waals surface area contributed by atoms with Gasteiger partial charge in [-0.25, -0.2) is 4.79 Å². The minimum atomic E-state index is -0.414. The Morgan fingerprint density at radius 3 is 2.70 bits per heavy atom. The fourth-order valence-electron chi connectivity index (χ4n) is 3.24. The molecule has 0 saturated carbocycles. The van der Waals surface area contributed by atoms with E-state index >= 15 is 0 Å². The van der Waals surface area contributed by atoms with E-state index in [0.29, 0.717) is 28.7 Å². The number of carbonyl (C=O) groups excluding carboxylic acids is 1. The van der Waals surface area contributed by atoms with Gasteiger partial charge >= 0.3 is 6.03 Å². The first kappa shape index (κ1) is 20.3.